The molecule has 1 aliphatic rings. The van der Waals surface area contributed by atoms with Crippen LogP contribution in [0.4, 0.5) is 0 Å². The van der Waals surface area contributed by atoms with Gasteiger partial charge in [0.2, 0.25) is 0 Å². The Morgan fingerprint density at radius 3 is 1.24 bits per heavy atom. The fourth-order valence-electron chi connectivity index (χ4n) is 1.05. The Morgan fingerprint density at radius 2 is 1.12 bits per heavy atom. The molecule has 0 fully saturated rings. The molecule has 208 valence electrons. The van der Waals surface area contributed by atoms with E-state index in [1.165, 1.54) is 14.2 Å². The summed E-state index contributed by atoms with van der Waals surface area (Å²) in [5, 5.41) is 14.0. The van der Waals surface area contributed by atoms with Gasteiger partial charge in [0, 0.05) is 20.6 Å². The zero-order valence-electron chi connectivity index (χ0n) is 16.4. The molecule has 0 bridgehead atoms. The molecule has 0 saturated heterocycles. The number of aliphatic hydroxyl groups is 2. The molecule has 0 saturated carbocycles. The molecule has 12 nitrogen and oxygen atoms in total. The predicted octanol–water partition coefficient (Wildman–Crippen LogP) is 0.914. The van der Waals surface area contributed by atoms with Crippen molar-refractivity contribution in [3.63, 3.8) is 0 Å². The molecular formula is C21H52O12. The first kappa shape index (κ1) is 77.7. The molecule has 0 unspecified atom stereocenters. The largest absolute Gasteiger partial charge is 0.469 e. The molecule has 0 aromatic heterocycles. The highest BCUT2D eigenvalue weighted by Gasteiger charge is 1.98. The monoisotopic (exact) mass is 496 g/mol. The summed E-state index contributed by atoms with van der Waals surface area (Å²) < 4.78 is 8.75. The van der Waals surface area contributed by atoms with Crippen molar-refractivity contribution in [2.75, 3.05) is 28.4 Å². The third-order valence-corrected chi connectivity index (χ3v) is 2.05. The Hall–Kier alpha value is -2.73. The van der Waals surface area contributed by atoms with E-state index >= 15 is 0 Å². The highest BCUT2D eigenvalue weighted by molar-refractivity contribution is 5.91. The van der Waals surface area contributed by atoms with E-state index in [0.29, 0.717) is 0 Å². The zero-order valence-corrected chi connectivity index (χ0v) is 16.4. The number of methoxy groups -OCH3 is 2. The van der Waals surface area contributed by atoms with E-state index in [0.717, 1.165) is 27.1 Å². The van der Waals surface area contributed by atoms with Gasteiger partial charge in [0.15, 0.2) is 5.78 Å². The van der Waals surface area contributed by atoms with E-state index in [1.807, 2.05) is 6.08 Å². The number of ketones is 1. The maximum atomic E-state index is 10.5. The van der Waals surface area contributed by atoms with Gasteiger partial charge in [-0.1, -0.05) is 55.4 Å². The summed E-state index contributed by atoms with van der Waals surface area (Å²) in [6, 6.07) is 0. The van der Waals surface area contributed by atoms with Crippen molar-refractivity contribution >= 4 is 23.9 Å². The summed E-state index contributed by atoms with van der Waals surface area (Å²) in [6.45, 7) is 0. The second-order valence-electron chi connectivity index (χ2n) is 3.52. The van der Waals surface area contributed by atoms with Crippen LogP contribution in [0, 0.1) is 0 Å². The molecule has 33 heavy (non-hydrogen) atoms. The van der Waals surface area contributed by atoms with Crippen LogP contribution in [0.5, 0.6) is 0 Å². The topological polar surface area (TPSA) is 239 Å². The van der Waals surface area contributed by atoms with Gasteiger partial charge in [-0.15, -0.1) is 0 Å². The molecule has 1 aliphatic carbocycles. The molecule has 0 aromatic carbocycles. The van der Waals surface area contributed by atoms with Gasteiger partial charge in [0.05, 0.1) is 27.1 Å². The van der Waals surface area contributed by atoms with Crippen molar-refractivity contribution in [2.24, 2.45) is 0 Å². The summed E-state index contributed by atoms with van der Waals surface area (Å²) in [6.07, 6.45) is 9.01. The van der Waals surface area contributed by atoms with Crippen LogP contribution < -0.4 is 0 Å². The number of aliphatic hydroxyl groups excluding tert-OH is 2. The van der Waals surface area contributed by atoms with Gasteiger partial charge in [-0.25, -0.2) is 0 Å². The maximum absolute atomic E-state index is 10.5. The molecule has 0 radical (unpaired) electrons. The SMILES string of the molecule is C.C.C.C.C.CO.CO.COC(=O)C/C=C/CC(=O)OC.O.O.O.O=C1C=CCC1.O=C=O. The van der Waals surface area contributed by atoms with Crippen LogP contribution in [-0.2, 0) is 33.4 Å². The lowest BCUT2D eigenvalue weighted by Gasteiger charge is -1.93. The van der Waals surface area contributed by atoms with Crippen molar-refractivity contribution in [2.45, 2.75) is 62.8 Å². The number of rotatable bonds is 4. The number of carbonyl (C=O) groups excluding carboxylic acids is 5. The quantitative estimate of drug-likeness (QED) is 0.414. The summed E-state index contributed by atoms with van der Waals surface area (Å²) in [7, 11) is 4.63. The number of esters is 2. The number of carbonyl (C=O) groups is 3. The smallest absolute Gasteiger partial charge is 0.373 e. The standard InChI is InChI=1S/C8H12O4.C5H6O.CO2.2CH4O.5CH4.3H2O/c1-11-7(9)5-3-4-6-8(10)12-2;6-5-3-1-2-4-5;2-1-3;2*1-2;;;;;;;;/h3-4H,5-6H2,1-2H3;1,3H,2,4H2;;2*2H,1H3;5*1H4;3*1H2/b4-3+;;;;;;;;;;;;. The third kappa shape index (κ3) is 93.4. The molecule has 12 heteroatoms. The Balaban J connectivity index is -0.0000000184. The van der Waals surface area contributed by atoms with Crippen molar-refractivity contribution in [1.29, 1.82) is 0 Å². The van der Waals surface area contributed by atoms with E-state index in [4.69, 9.17) is 19.8 Å². The van der Waals surface area contributed by atoms with Gasteiger partial charge in [0.1, 0.15) is 0 Å². The summed E-state index contributed by atoms with van der Waals surface area (Å²) >= 11 is 0. The molecule has 0 atom stereocenters. The Morgan fingerprint density at radius 1 is 0.848 bits per heavy atom. The third-order valence-electron chi connectivity index (χ3n) is 2.05. The second-order valence-corrected chi connectivity index (χ2v) is 3.52. The number of hydrogen-bond acceptors (Lipinski definition) is 9. The highest BCUT2D eigenvalue weighted by atomic mass is 16.5. The zero-order chi connectivity index (χ0) is 20.5. The Kier molecular flexibility index (Phi) is 185. The highest BCUT2D eigenvalue weighted by Crippen LogP contribution is 2.01. The van der Waals surface area contributed by atoms with Gasteiger partial charge in [-0.2, -0.15) is 9.59 Å². The van der Waals surface area contributed by atoms with Crippen LogP contribution in [0.2, 0.25) is 0 Å². The first-order chi connectivity index (χ1) is 12.0. The van der Waals surface area contributed by atoms with Gasteiger partial charge >= 0.3 is 18.1 Å². The van der Waals surface area contributed by atoms with Crippen molar-refractivity contribution in [1.82, 2.24) is 0 Å². The van der Waals surface area contributed by atoms with Crippen LogP contribution in [0.3, 0.4) is 0 Å². The minimum Gasteiger partial charge on any atom is -0.469 e. The van der Waals surface area contributed by atoms with Crippen LogP contribution in [0.1, 0.15) is 62.8 Å². The number of allylic oxidation sites excluding steroid dienone is 2. The Labute approximate surface area is 200 Å². The number of ether oxygens (including phenoxy) is 2. The van der Waals surface area contributed by atoms with Gasteiger partial charge in [-0.05, 0) is 12.5 Å². The lowest BCUT2D eigenvalue weighted by molar-refractivity contribution is -0.191. The Bertz CT molecular complexity index is 407. The first-order valence-electron chi connectivity index (χ1n) is 6.88. The molecule has 0 heterocycles. The normalized spacial score (nSPS) is 7.76. The van der Waals surface area contributed by atoms with E-state index in [1.54, 1.807) is 18.2 Å². The van der Waals surface area contributed by atoms with Crippen molar-refractivity contribution in [3.05, 3.63) is 24.3 Å². The molecule has 0 aliphatic heterocycles. The first-order valence-corrected chi connectivity index (χ1v) is 6.88. The van der Waals surface area contributed by atoms with Crippen LogP contribution in [-0.4, -0.2) is 79.0 Å². The average molecular weight is 497 g/mol. The molecule has 8 N–H and O–H groups in total. The van der Waals surface area contributed by atoms with Crippen LogP contribution in [0.25, 0.3) is 0 Å². The van der Waals surface area contributed by atoms with Crippen molar-refractivity contribution in [3.8, 4) is 0 Å². The van der Waals surface area contributed by atoms with E-state index < -0.39 is 0 Å². The van der Waals surface area contributed by atoms with E-state index in [2.05, 4.69) is 9.47 Å². The number of hydrogen-bond donors (Lipinski definition) is 2. The summed E-state index contributed by atoms with van der Waals surface area (Å²) in [5.74, 6) is -0.373. The van der Waals surface area contributed by atoms with Crippen molar-refractivity contribution < 1.29 is 60.1 Å². The lowest BCUT2D eigenvalue weighted by Crippen LogP contribution is -1.99. The molecule has 0 aromatic rings. The fraction of sp³-hybridized carbons (Fsp3) is 0.619. The maximum Gasteiger partial charge on any atom is 0.373 e. The second kappa shape index (κ2) is 78.4. The van der Waals surface area contributed by atoms with Gasteiger partial charge < -0.3 is 36.1 Å². The summed E-state index contributed by atoms with van der Waals surface area (Å²) in [4.78, 5) is 47.5. The minimum atomic E-state index is -0.323. The minimum absolute atomic E-state index is 0. The van der Waals surface area contributed by atoms with Gasteiger partial charge in [-0.3, -0.25) is 14.4 Å². The van der Waals surface area contributed by atoms with Crippen LogP contribution in [0.15, 0.2) is 24.3 Å². The van der Waals surface area contributed by atoms with E-state index in [9.17, 15) is 14.4 Å². The molecule has 0 spiro atoms. The summed E-state index contributed by atoms with van der Waals surface area (Å²) in [5.41, 5.74) is 0. The average Bonchev–Trinajstić information content (AvgIpc) is 3.13. The van der Waals surface area contributed by atoms with Gasteiger partial charge in [0.25, 0.3) is 0 Å². The lowest BCUT2D eigenvalue weighted by atomic mass is 10.3. The fourth-order valence-corrected chi connectivity index (χ4v) is 1.05. The van der Waals surface area contributed by atoms with E-state index in [-0.39, 0.29) is 90.3 Å². The predicted molar refractivity (Wildman–Crippen MR) is 132 cm³/mol. The van der Waals surface area contributed by atoms with Crippen LogP contribution >= 0.6 is 0 Å². The molecule has 0 amide bonds. The molecular weight excluding hydrogens is 444 g/mol. The molecule has 1 rings (SSSR count).